The van der Waals surface area contributed by atoms with Crippen LogP contribution in [0.1, 0.15) is 35.7 Å². The lowest BCUT2D eigenvalue weighted by atomic mass is 10.00. The number of benzene rings is 1. The van der Waals surface area contributed by atoms with Gasteiger partial charge in [-0.25, -0.2) is 9.59 Å². The molecule has 6 nitrogen and oxygen atoms in total. The topological polar surface area (TPSA) is 92.7 Å². The van der Waals surface area contributed by atoms with Gasteiger partial charge in [-0.15, -0.1) is 0 Å². The van der Waals surface area contributed by atoms with E-state index in [0.29, 0.717) is 12.0 Å². The van der Waals surface area contributed by atoms with Crippen molar-refractivity contribution in [3.05, 3.63) is 41.0 Å². The third-order valence-electron chi connectivity index (χ3n) is 3.61. The second kappa shape index (κ2) is 7.69. The van der Waals surface area contributed by atoms with Crippen molar-refractivity contribution in [2.45, 2.75) is 25.8 Å². The van der Waals surface area contributed by atoms with E-state index in [1.165, 1.54) is 18.2 Å². The summed E-state index contributed by atoms with van der Waals surface area (Å²) in [6.45, 7) is 2.61. The van der Waals surface area contributed by atoms with Crippen LogP contribution in [0.25, 0.3) is 6.08 Å². The van der Waals surface area contributed by atoms with E-state index in [1.54, 1.807) is 19.1 Å². The number of carboxylic acid groups (broad SMARTS) is 1. The molecule has 6 heteroatoms. The minimum absolute atomic E-state index is 0.0191. The molecule has 23 heavy (non-hydrogen) atoms. The lowest BCUT2D eigenvalue weighted by Gasteiger charge is -2.12. The number of carboxylic acids is 1. The summed E-state index contributed by atoms with van der Waals surface area (Å²) >= 11 is 0. The number of aromatic carboxylic acids is 1. The summed E-state index contributed by atoms with van der Waals surface area (Å²) in [5.74, 6) is -1.98. The average molecular weight is 317 g/mol. The molecule has 2 N–H and O–H groups in total. The maximum absolute atomic E-state index is 12.5. The maximum atomic E-state index is 12.5. The molecular formula is C17H19NO5. The largest absolute Gasteiger partial charge is 0.478 e. The van der Waals surface area contributed by atoms with Crippen LogP contribution in [-0.4, -0.2) is 42.0 Å². The van der Waals surface area contributed by atoms with Crippen LogP contribution < -0.4 is 5.32 Å². The fourth-order valence-electron chi connectivity index (χ4n) is 2.42. The van der Waals surface area contributed by atoms with Gasteiger partial charge in [0.2, 0.25) is 0 Å². The molecule has 1 saturated heterocycles. The second-order valence-corrected chi connectivity index (χ2v) is 5.22. The van der Waals surface area contributed by atoms with Gasteiger partial charge in [-0.05, 0) is 50.1 Å². The molecule has 1 fully saturated rings. The van der Waals surface area contributed by atoms with E-state index in [2.05, 4.69) is 5.32 Å². The third-order valence-corrected chi connectivity index (χ3v) is 3.61. The van der Waals surface area contributed by atoms with Crippen molar-refractivity contribution in [3.63, 3.8) is 0 Å². The number of ether oxygens (including phenoxy) is 1. The van der Waals surface area contributed by atoms with E-state index in [0.717, 1.165) is 13.0 Å². The van der Waals surface area contributed by atoms with Crippen molar-refractivity contribution in [2.75, 3.05) is 13.2 Å². The molecule has 0 radical (unpaired) electrons. The summed E-state index contributed by atoms with van der Waals surface area (Å²) in [5, 5.41) is 12.0. The van der Waals surface area contributed by atoms with Crippen LogP contribution >= 0.6 is 0 Å². The number of carbonyl (C=O) groups excluding carboxylic acids is 2. The van der Waals surface area contributed by atoms with Crippen molar-refractivity contribution in [1.29, 1.82) is 0 Å². The predicted molar refractivity (Wildman–Crippen MR) is 84.0 cm³/mol. The first-order chi connectivity index (χ1) is 11.0. The van der Waals surface area contributed by atoms with Gasteiger partial charge in [0, 0.05) is 0 Å². The van der Waals surface area contributed by atoms with Gasteiger partial charge in [-0.1, -0.05) is 12.1 Å². The van der Waals surface area contributed by atoms with Crippen molar-refractivity contribution in [3.8, 4) is 0 Å². The second-order valence-electron chi connectivity index (χ2n) is 5.22. The quantitative estimate of drug-likeness (QED) is 0.359. The highest BCUT2D eigenvalue weighted by atomic mass is 16.5. The first kappa shape index (κ1) is 16.9. The number of hydrogen-bond acceptors (Lipinski definition) is 5. The molecule has 122 valence electrons. The number of ketones is 1. The Balaban J connectivity index is 2.29. The predicted octanol–water partition coefficient (Wildman–Crippen LogP) is 1.65. The molecule has 0 saturated carbocycles. The monoisotopic (exact) mass is 317 g/mol. The standard InChI is InChI=1S/C17H19NO5/c1-2-23-17(22)13(15(19)14-4-3-9-18-14)10-11-5-7-12(8-6-11)16(20)21/h5-8,10,14,18H,2-4,9H2,1H3,(H,20,21). The Morgan fingerprint density at radius 3 is 2.52 bits per heavy atom. The fourth-order valence-corrected chi connectivity index (χ4v) is 2.42. The Kier molecular flexibility index (Phi) is 5.65. The average Bonchev–Trinajstić information content (AvgIpc) is 3.07. The molecule has 2 rings (SSSR count). The molecule has 0 aromatic heterocycles. The van der Waals surface area contributed by atoms with Crippen LogP contribution in [0.3, 0.4) is 0 Å². The van der Waals surface area contributed by atoms with Gasteiger partial charge in [-0.2, -0.15) is 0 Å². The van der Waals surface area contributed by atoms with Crippen LogP contribution in [0.4, 0.5) is 0 Å². The molecule has 0 bridgehead atoms. The summed E-state index contributed by atoms with van der Waals surface area (Å²) in [4.78, 5) is 35.5. The van der Waals surface area contributed by atoms with Gasteiger partial charge in [0.1, 0.15) is 5.57 Å². The highest BCUT2D eigenvalue weighted by Crippen LogP contribution is 2.16. The number of nitrogens with one attached hydrogen (secondary N) is 1. The minimum atomic E-state index is -1.03. The first-order valence-electron chi connectivity index (χ1n) is 7.52. The van der Waals surface area contributed by atoms with Crippen LogP contribution in [0, 0.1) is 0 Å². The minimum Gasteiger partial charge on any atom is -0.478 e. The van der Waals surface area contributed by atoms with Crippen LogP contribution in [0.5, 0.6) is 0 Å². The van der Waals surface area contributed by atoms with Crippen LogP contribution in [0.2, 0.25) is 0 Å². The lowest BCUT2D eigenvalue weighted by molar-refractivity contribution is -0.140. The SMILES string of the molecule is CCOC(=O)C(=Cc1ccc(C(=O)O)cc1)C(=O)C1CCCN1. The summed E-state index contributed by atoms with van der Waals surface area (Å²) in [6.07, 6.45) is 3.03. The zero-order chi connectivity index (χ0) is 16.8. The van der Waals surface area contributed by atoms with E-state index >= 15 is 0 Å². The van der Waals surface area contributed by atoms with Crippen molar-refractivity contribution >= 4 is 23.8 Å². The number of carbonyl (C=O) groups is 3. The van der Waals surface area contributed by atoms with Crippen LogP contribution in [-0.2, 0) is 14.3 Å². The number of Topliss-reactive ketones (excluding diaryl/α,β-unsaturated/α-hetero) is 1. The molecule has 1 aliphatic heterocycles. The Hall–Kier alpha value is -2.47. The fraction of sp³-hybridized carbons (Fsp3) is 0.353. The summed E-state index contributed by atoms with van der Waals surface area (Å²) < 4.78 is 4.97. The molecule has 1 atom stereocenters. The molecule has 1 aromatic carbocycles. The van der Waals surface area contributed by atoms with Gasteiger partial charge in [-0.3, -0.25) is 4.79 Å². The van der Waals surface area contributed by atoms with Gasteiger partial charge in [0.15, 0.2) is 5.78 Å². The van der Waals surface area contributed by atoms with E-state index < -0.39 is 11.9 Å². The molecule has 0 amide bonds. The first-order valence-corrected chi connectivity index (χ1v) is 7.52. The number of hydrogen-bond donors (Lipinski definition) is 2. The summed E-state index contributed by atoms with van der Waals surface area (Å²) in [6, 6.07) is 5.59. The maximum Gasteiger partial charge on any atom is 0.341 e. The normalized spacial score (nSPS) is 17.8. The van der Waals surface area contributed by atoms with Gasteiger partial charge in [0.25, 0.3) is 0 Å². The van der Waals surface area contributed by atoms with Crippen molar-refractivity contribution in [2.24, 2.45) is 0 Å². The Morgan fingerprint density at radius 2 is 2.00 bits per heavy atom. The Bertz CT molecular complexity index is 627. The Labute approximate surface area is 134 Å². The van der Waals surface area contributed by atoms with Crippen molar-refractivity contribution < 1.29 is 24.2 Å². The van der Waals surface area contributed by atoms with Gasteiger partial charge < -0.3 is 15.2 Å². The lowest BCUT2D eigenvalue weighted by Crippen LogP contribution is -2.34. The molecule has 1 aromatic rings. The summed E-state index contributed by atoms with van der Waals surface area (Å²) in [5.41, 5.74) is 0.697. The molecule has 1 aliphatic rings. The van der Waals surface area contributed by atoms with Gasteiger partial charge >= 0.3 is 11.9 Å². The smallest absolute Gasteiger partial charge is 0.341 e. The molecule has 0 aliphatic carbocycles. The van der Waals surface area contributed by atoms with E-state index in [4.69, 9.17) is 9.84 Å². The summed E-state index contributed by atoms with van der Waals surface area (Å²) in [7, 11) is 0. The third kappa shape index (κ3) is 4.26. The zero-order valence-corrected chi connectivity index (χ0v) is 12.9. The van der Waals surface area contributed by atoms with Gasteiger partial charge in [0.05, 0.1) is 18.2 Å². The molecule has 1 unspecified atom stereocenters. The van der Waals surface area contributed by atoms with Crippen molar-refractivity contribution in [1.82, 2.24) is 5.32 Å². The zero-order valence-electron chi connectivity index (χ0n) is 12.9. The van der Waals surface area contributed by atoms with Crippen LogP contribution in [0.15, 0.2) is 29.8 Å². The van der Waals surface area contributed by atoms with E-state index in [9.17, 15) is 14.4 Å². The molecule has 0 spiro atoms. The van der Waals surface area contributed by atoms with E-state index in [-0.39, 0.29) is 29.6 Å². The Morgan fingerprint density at radius 1 is 1.30 bits per heavy atom. The molecule has 1 heterocycles. The number of rotatable bonds is 6. The highest BCUT2D eigenvalue weighted by Gasteiger charge is 2.29. The van der Waals surface area contributed by atoms with E-state index in [1.807, 2.05) is 0 Å². The number of esters is 1. The molecular weight excluding hydrogens is 298 g/mol. The highest BCUT2D eigenvalue weighted by molar-refractivity contribution is 6.22.